The largest absolute Gasteiger partial charge is 0.479 e. The van der Waals surface area contributed by atoms with Crippen molar-refractivity contribution in [3.63, 3.8) is 0 Å². The van der Waals surface area contributed by atoms with Gasteiger partial charge in [0.2, 0.25) is 5.88 Å². The van der Waals surface area contributed by atoms with E-state index in [2.05, 4.69) is 4.98 Å². The molecule has 0 N–H and O–H groups in total. The molecule has 1 atom stereocenters. The number of amides is 1. The summed E-state index contributed by atoms with van der Waals surface area (Å²) in [7, 11) is 3.22. The number of rotatable bonds is 4. The zero-order valence-electron chi connectivity index (χ0n) is 19.1. The SMILES string of the molecule is COc1ncccc1-n1nc2c(c1C)C(=O)N(c1cc(C)c(=O)n(C)c1)[C@@H]2c1ccc(Cl)cc1. The minimum absolute atomic E-state index is 0.110. The van der Waals surface area contributed by atoms with Gasteiger partial charge in [-0.2, -0.15) is 5.10 Å². The minimum atomic E-state index is -0.501. The van der Waals surface area contributed by atoms with Gasteiger partial charge in [0.25, 0.3) is 11.5 Å². The predicted molar refractivity (Wildman–Crippen MR) is 129 cm³/mol. The zero-order valence-corrected chi connectivity index (χ0v) is 19.9. The first-order valence-corrected chi connectivity index (χ1v) is 11.0. The second-order valence-corrected chi connectivity index (χ2v) is 8.65. The molecule has 0 bridgehead atoms. The molecule has 5 rings (SSSR count). The van der Waals surface area contributed by atoms with E-state index < -0.39 is 6.04 Å². The Morgan fingerprint density at radius 2 is 1.82 bits per heavy atom. The monoisotopic (exact) mass is 475 g/mol. The van der Waals surface area contributed by atoms with Crippen molar-refractivity contribution in [3.8, 4) is 11.6 Å². The van der Waals surface area contributed by atoms with Gasteiger partial charge in [-0.1, -0.05) is 23.7 Å². The van der Waals surface area contributed by atoms with E-state index in [1.807, 2.05) is 25.1 Å². The lowest BCUT2D eigenvalue weighted by molar-refractivity contribution is 0.0992. The molecular formula is C25H22ClN5O3. The Kier molecular flexibility index (Phi) is 5.25. The number of hydrogen-bond donors (Lipinski definition) is 0. The van der Waals surface area contributed by atoms with Crippen molar-refractivity contribution in [2.24, 2.45) is 7.05 Å². The van der Waals surface area contributed by atoms with E-state index in [4.69, 9.17) is 21.4 Å². The highest BCUT2D eigenvalue weighted by Crippen LogP contribution is 2.43. The molecule has 4 heterocycles. The molecule has 0 saturated carbocycles. The Morgan fingerprint density at radius 1 is 1.09 bits per heavy atom. The van der Waals surface area contributed by atoms with Crippen molar-refractivity contribution in [2.45, 2.75) is 19.9 Å². The van der Waals surface area contributed by atoms with Crippen molar-refractivity contribution in [3.05, 3.63) is 98.3 Å². The Balaban J connectivity index is 1.74. The summed E-state index contributed by atoms with van der Waals surface area (Å²) in [5.41, 5.74) is 4.35. The number of carbonyl (C=O) groups excluding carboxylic acids is 1. The molecule has 1 amide bonds. The fraction of sp³-hybridized carbons (Fsp3) is 0.200. The number of pyridine rings is 2. The number of ether oxygens (including phenoxy) is 1. The number of aryl methyl sites for hydroxylation is 2. The number of methoxy groups -OCH3 is 1. The maximum Gasteiger partial charge on any atom is 0.263 e. The number of nitrogens with zero attached hydrogens (tertiary/aromatic N) is 5. The number of anilines is 1. The van der Waals surface area contributed by atoms with Crippen LogP contribution in [-0.4, -0.2) is 32.3 Å². The molecule has 0 fully saturated rings. The van der Waals surface area contributed by atoms with E-state index >= 15 is 0 Å². The summed E-state index contributed by atoms with van der Waals surface area (Å²) in [4.78, 5) is 32.1. The average Bonchev–Trinajstić information content (AvgIpc) is 3.31. The molecule has 1 aliphatic rings. The third-order valence-electron chi connectivity index (χ3n) is 6.08. The molecule has 8 nitrogen and oxygen atoms in total. The first kappa shape index (κ1) is 21.9. The first-order valence-electron chi connectivity index (χ1n) is 10.7. The van der Waals surface area contributed by atoms with Gasteiger partial charge in [-0.15, -0.1) is 0 Å². The zero-order chi connectivity index (χ0) is 24.1. The molecule has 1 aromatic carbocycles. The Labute approximate surface area is 201 Å². The molecular weight excluding hydrogens is 454 g/mol. The second-order valence-electron chi connectivity index (χ2n) is 8.22. The van der Waals surface area contributed by atoms with E-state index in [0.29, 0.717) is 44.8 Å². The van der Waals surface area contributed by atoms with Crippen LogP contribution in [0, 0.1) is 13.8 Å². The van der Waals surface area contributed by atoms with E-state index in [9.17, 15) is 9.59 Å². The van der Waals surface area contributed by atoms with Crippen molar-refractivity contribution in [1.82, 2.24) is 19.3 Å². The summed E-state index contributed by atoms with van der Waals surface area (Å²) < 4.78 is 8.60. The van der Waals surface area contributed by atoms with Gasteiger partial charge >= 0.3 is 0 Å². The van der Waals surface area contributed by atoms with Crippen molar-refractivity contribution in [1.29, 1.82) is 0 Å². The van der Waals surface area contributed by atoms with Crippen LogP contribution >= 0.6 is 11.6 Å². The van der Waals surface area contributed by atoms with E-state index in [0.717, 1.165) is 5.56 Å². The van der Waals surface area contributed by atoms with Crippen LogP contribution in [0.5, 0.6) is 5.88 Å². The Morgan fingerprint density at radius 3 is 2.50 bits per heavy atom. The fourth-order valence-corrected chi connectivity index (χ4v) is 4.61. The molecule has 0 radical (unpaired) electrons. The molecule has 9 heteroatoms. The van der Waals surface area contributed by atoms with Crippen LogP contribution < -0.4 is 15.2 Å². The standard InChI is InChI=1S/C25H22ClN5O3/c1-14-12-18(13-29(3)24(14)32)30-22(16-7-9-17(26)10-8-16)21-20(25(30)33)15(2)31(28-21)19-6-5-11-27-23(19)34-4/h5-13,22H,1-4H3/t22-/m1/s1. The Bertz CT molecular complexity index is 1460. The predicted octanol–water partition coefficient (Wildman–Crippen LogP) is 3.99. The quantitative estimate of drug-likeness (QED) is 0.445. The summed E-state index contributed by atoms with van der Waals surface area (Å²) in [6.07, 6.45) is 3.32. The van der Waals surface area contributed by atoms with Gasteiger partial charge in [0.1, 0.15) is 17.4 Å². The van der Waals surface area contributed by atoms with E-state index in [1.165, 1.54) is 4.57 Å². The minimum Gasteiger partial charge on any atom is -0.479 e. The normalized spacial score (nSPS) is 15.0. The molecule has 1 aliphatic heterocycles. The van der Waals surface area contributed by atoms with Gasteiger partial charge < -0.3 is 9.30 Å². The van der Waals surface area contributed by atoms with Crippen LogP contribution in [0.1, 0.15) is 38.9 Å². The smallest absolute Gasteiger partial charge is 0.263 e. The third kappa shape index (κ3) is 3.30. The molecule has 0 aliphatic carbocycles. The number of carbonyl (C=O) groups is 1. The molecule has 3 aromatic heterocycles. The molecule has 0 spiro atoms. The van der Waals surface area contributed by atoms with Crippen LogP contribution in [0.25, 0.3) is 5.69 Å². The van der Waals surface area contributed by atoms with Crippen LogP contribution in [0.2, 0.25) is 5.02 Å². The van der Waals surface area contributed by atoms with Crippen molar-refractivity contribution >= 4 is 23.2 Å². The van der Waals surface area contributed by atoms with Crippen molar-refractivity contribution in [2.75, 3.05) is 12.0 Å². The van der Waals surface area contributed by atoms with E-state index in [-0.39, 0.29) is 11.5 Å². The van der Waals surface area contributed by atoms with Crippen LogP contribution in [0.3, 0.4) is 0 Å². The number of halogens is 1. The molecule has 172 valence electrons. The highest BCUT2D eigenvalue weighted by Gasteiger charge is 2.44. The second kappa shape index (κ2) is 8.14. The molecule has 0 unspecified atom stereocenters. The summed E-state index contributed by atoms with van der Waals surface area (Å²) in [6.45, 7) is 3.59. The maximum atomic E-state index is 13.9. The topological polar surface area (TPSA) is 82.2 Å². The Hall–Kier alpha value is -3.91. The number of aromatic nitrogens is 4. The van der Waals surface area contributed by atoms with Gasteiger partial charge in [-0.3, -0.25) is 14.5 Å². The lowest BCUT2D eigenvalue weighted by Gasteiger charge is -2.26. The highest BCUT2D eigenvalue weighted by atomic mass is 35.5. The van der Waals surface area contributed by atoms with Crippen LogP contribution in [-0.2, 0) is 7.05 Å². The lowest BCUT2D eigenvalue weighted by Crippen LogP contribution is -2.32. The van der Waals surface area contributed by atoms with Gasteiger partial charge in [0, 0.05) is 30.0 Å². The summed E-state index contributed by atoms with van der Waals surface area (Å²) in [5.74, 6) is 0.215. The summed E-state index contributed by atoms with van der Waals surface area (Å²) in [5, 5.41) is 5.47. The van der Waals surface area contributed by atoms with Crippen molar-refractivity contribution < 1.29 is 9.53 Å². The van der Waals surface area contributed by atoms with Gasteiger partial charge in [0.15, 0.2) is 0 Å². The van der Waals surface area contributed by atoms with E-state index in [1.54, 1.807) is 67.3 Å². The number of fused-ring (bicyclic) bond motifs is 1. The number of benzene rings is 1. The maximum absolute atomic E-state index is 13.9. The number of hydrogen-bond acceptors (Lipinski definition) is 5. The third-order valence-corrected chi connectivity index (χ3v) is 6.33. The average molecular weight is 476 g/mol. The molecule has 34 heavy (non-hydrogen) atoms. The highest BCUT2D eigenvalue weighted by molar-refractivity contribution is 6.30. The van der Waals surface area contributed by atoms with Crippen LogP contribution in [0.15, 0.2) is 59.7 Å². The summed E-state index contributed by atoms with van der Waals surface area (Å²) in [6, 6.07) is 12.2. The van der Waals surface area contributed by atoms with Gasteiger partial charge in [-0.05, 0) is 49.7 Å². The van der Waals surface area contributed by atoms with Gasteiger partial charge in [-0.25, -0.2) is 9.67 Å². The molecule has 0 saturated heterocycles. The molecule has 4 aromatic rings. The van der Waals surface area contributed by atoms with Gasteiger partial charge in [0.05, 0.1) is 24.1 Å². The van der Waals surface area contributed by atoms with Crippen LogP contribution in [0.4, 0.5) is 5.69 Å². The summed E-state index contributed by atoms with van der Waals surface area (Å²) >= 11 is 6.14. The first-order chi connectivity index (χ1) is 16.3. The lowest BCUT2D eigenvalue weighted by atomic mass is 10.0. The fourth-order valence-electron chi connectivity index (χ4n) is 4.48.